The molecule has 1 saturated heterocycles. The van der Waals surface area contributed by atoms with Gasteiger partial charge in [0.2, 0.25) is 0 Å². The van der Waals surface area contributed by atoms with Crippen LogP contribution in [0.1, 0.15) is 18.1 Å². The van der Waals surface area contributed by atoms with Crippen molar-refractivity contribution in [2.45, 2.75) is 12.5 Å². The van der Waals surface area contributed by atoms with Gasteiger partial charge < -0.3 is 0 Å². The van der Waals surface area contributed by atoms with E-state index in [0.29, 0.717) is 11.4 Å². The molecule has 0 amide bonds. The zero-order valence-corrected chi connectivity index (χ0v) is 11.3. The van der Waals surface area contributed by atoms with E-state index in [1.807, 2.05) is 6.07 Å². The third kappa shape index (κ3) is 3.35. The Labute approximate surface area is 105 Å². The van der Waals surface area contributed by atoms with Crippen LogP contribution >= 0.6 is 28.0 Å². The Morgan fingerprint density at radius 2 is 2.41 bits per heavy atom. The van der Waals surface area contributed by atoms with Gasteiger partial charge in [0.15, 0.2) is 8.60 Å². The van der Waals surface area contributed by atoms with Crippen LogP contribution in [0.5, 0.6) is 0 Å². The monoisotopic (exact) mass is 293 g/mol. The van der Waals surface area contributed by atoms with E-state index in [2.05, 4.69) is 4.31 Å². The molecule has 2 atom stereocenters. The Balaban J connectivity index is 2.17. The second-order valence-electron chi connectivity index (χ2n) is 3.39. The van der Waals surface area contributed by atoms with Crippen LogP contribution in [0.2, 0.25) is 5.02 Å². The van der Waals surface area contributed by atoms with Crippen LogP contribution in [0.4, 0.5) is 0 Å². The van der Waals surface area contributed by atoms with Crippen LogP contribution in [-0.4, -0.2) is 6.61 Å². The van der Waals surface area contributed by atoms with Crippen LogP contribution in [-0.2, 0) is 17.9 Å². The summed E-state index contributed by atoms with van der Waals surface area (Å²) in [5.41, 5.74) is 0.825. The predicted molar refractivity (Wildman–Crippen MR) is 64.2 cm³/mol. The lowest BCUT2D eigenvalue weighted by atomic mass is 10.1. The molecule has 8 heteroatoms. The summed E-state index contributed by atoms with van der Waals surface area (Å²) < 4.78 is 26.8. The van der Waals surface area contributed by atoms with Gasteiger partial charge in [-0.3, -0.25) is 14.2 Å². The fourth-order valence-electron chi connectivity index (χ4n) is 1.54. The number of hydrogen-bond acceptors (Lipinski definition) is 5. The van der Waals surface area contributed by atoms with Gasteiger partial charge >= 0.3 is 7.82 Å². The van der Waals surface area contributed by atoms with Crippen molar-refractivity contribution in [1.82, 2.24) is 0 Å². The Hall–Kier alpha value is -0.280. The van der Waals surface area contributed by atoms with Crippen LogP contribution < -0.4 is 0 Å². The number of benzene rings is 1. The first kappa shape index (κ1) is 13.2. The minimum Gasteiger partial charge on any atom is -0.286 e. The van der Waals surface area contributed by atoms with Crippen molar-refractivity contribution in [3.63, 3.8) is 0 Å². The average molecular weight is 294 g/mol. The van der Waals surface area contributed by atoms with E-state index in [0.717, 1.165) is 5.56 Å². The fraction of sp³-hybridized carbons (Fsp3) is 0.333. The van der Waals surface area contributed by atoms with Crippen molar-refractivity contribution in [2.75, 3.05) is 6.61 Å². The highest BCUT2D eigenvalue weighted by atomic mass is 35.5. The van der Waals surface area contributed by atoms with Gasteiger partial charge in [-0.2, -0.15) is 0 Å². The number of rotatable bonds is 3. The highest BCUT2D eigenvalue weighted by molar-refractivity contribution is 7.54. The number of phosphoric ester groups is 1. The fourth-order valence-corrected chi connectivity index (χ4v) is 3.41. The summed E-state index contributed by atoms with van der Waals surface area (Å²) in [6.07, 6.45) is 0.192. The van der Waals surface area contributed by atoms with Gasteiger partial charge in [0.1, 0.15) is 0 Å². The third-order valence-corrected chi connectivity index (χ3v) is 4.62. The predicted octanol–water partition coefficient (Wildman–Crippen LogP) is 4.57. The quantitative estimate of drug-likeness (QED) is 0.829. The number of halogens is 1. The van der Waals surface area contributed by atoms with E-state index in [1.165, 1.54) is 0 Å². The summed E-state index contributed by atoms with van der Waals surface area (Å²) in [6, 6.07) is 7.14. The molecule has 0 radical (unpaired) electrons. The van der Waals surface area contributed by atoms with Gasteiger partial charge in [0.25, 0.3) is 0 Å². The molecule has 0 spiro atoms. The number of hydrogen-bond donors (Lipinski definition) is 1. The van der Waals surface area contributed by atoms with Gasteiger partial charge in [0.05, 0.1) is 12.7 Å². The molecule has 17 heavy (non-hydrogen) atoms. The number of phosphoric acid groups is 1. The van der Waals surface area contributed by atoms with E-state index >= 15 is 0 Å². The van der Waals surface area contributed by atoms with E-state index in [1.54, 1.807) is 18.2 Å². The maximum Gasteiger partial charge on any atom is 0.484 e. The minimum absolute atomic E-state index is 0.233. The van der Waals surface area contributed by atoms with Gasteiger partial charge in [0, 0.05) is 11.4 Å². The molecule has 0 aromatic heterocycles. The molecule has 1 N–H and O–H groups in total. The summed E-state index contributed by atoms with van der Waals surface area (Å²) in [4.78, 5) is 0. The first-order valence-corrected chi connectivity index (χ1v) is 7.52. The SMILES string of the molecule is N=POP1(=O)OCCC(c2cccc(Cl)c2)O1. The van der Waals surface area contributed by atoms with Crippen molar-refractivity contribution in [3.8, 4) is 0 Å². The van der Waals surface area contributed by atoms with Gasteiger partial charge in [-0.25, -0.2) is 8.88 Å². The average Bonchev–Trinajstić information content (AvgIpc) is 2.29. The van der Waals surface area contributed by atoms with Crippen molar-refractivity contribution >= 4 is 28.0 Å². The van der Waals surface area contributed by atoms with Crippen molar-refractivity contribution in [2.24, 2.45) is 0 Å². The maximum atomic E-state index is 11.9. The molecule has 1 aliphatic heterocycles. The van der Waals surface area contributed by atoms with Crippen LogP contribution in [0.25, 0.3) is 0 Å². The summed E-state index contributed by atoms with van der Waals surface area (Å²) >= 11 is 5.88. The van der Waals surface area contributed by atoms with E-state index in [9.17, 15) is 4.57 Å². The summed E-state index contributed by atoms with van der Waals surface area (Å²) in [5.74, 6) is 0. The third-order valence-electron chi connectivity index (χ3n) is 2.25. The molecule has 5 nitrogen and oxygen atoms in total. The molecule has 1 heterocycles. The van der Waals surface area contributed by atoms with Gasteiger partial charge in [-0.05, 0) is 17.7 Å². The Morgan fingerprint density at radius 3 is 3.12 bits per heavy atom. The molecule has 2 rings (SSSR count). The minimum atomic E-state index is -3.59. The molecular weight excluding hydrogens is 284 g/mol. The summed E-state index contributed by atoms with van der Waals surface area (Å²) in [7, 11) is -3.83. The molecule has 1 aliphatic rings. The lowest BCUT2D eigenvalue weighted by Crippen LogP contribution is -2.13. The van der Waals surface area contributed by atoms with E-state index in [-0.39, 0.29) is 21.3 Å². The smallest absolute Gasteiger partial charge is 0.286 e. The van der Waals surface area contributed by atoms with Crippen molar-refractivity contribution < 1.29 is 17.9 Å². The molecule has 0 bridgehead atoms. The maximum absolute atomic E-state index is 11.9. The Morgan fingerprint density at radius 1 is 1.59 bits per heavy atom. The standard InChI is InChI=1S/C9H10ClNO4P2/c10-8-3-1-2-7(6-8)9-4-5-13-17(12,14-9)15-16-11/h1-3,6,9,11H,4-5H2. The molecule has 1 aromatic carbocycles. The zero-order chi connectivity index (χ0) is 12.3. The van der Waals surface area contributed by atoms with Gasteiger partial charge in [-0.15, -0.1) is 0 Å². The number of nitrogens with one attached hydrogen (secondary N) is 1. The highest BCUT2D eigenvalue weighted by Gasteiger charge is 2.36. The molecule has 0 aliphatic carbocycles. The van der Waals surface area contributed by atoms with Crippen LogP contribution in [0.15, 0.2) is 24.3 Å². The zero-order valence-electron chi connectivity index (χ0n) is 8.71. The Bertz CT molecular complexity index is 470. The molecule has 92 valence electrons. The lowest BCUT2D eigenvalue weighted by Gasteiger charge is -2.27. The van der Waals surface area contributed by atoms with Crippen molar-refractivity contribution in [1.29, 1.82) is 5.16 Å². The van der Waals surface area contributed by atoms with Crippen LogP contribution in [0, 0.1) is 5.16 Å². The van der Waals surface area contributed by atoms with E-state index in [4.69, 9.17) is 25.8 Å². The highest BCUT2D eigenvalue weighted by Crippen LogP contribution is 2.59. The molecule has 1 fully saturated rings. The second-order valence-corrected chi connectivity index (χ2v) is 6.03. The Kier molecular flexibility index (Phi) is 4.31. The molecular formula is C9H10ClNO4P2. The van der Waals surface area contributed by atoms with E-state index < -0.39 is 7.82 Å². The first-order chi connectivity index (χ1) is 8.13. The summed E-state index contributed by atoms with van der Waals surface area (Å²) in [6.45, 7) is 0.268. The summed E-state index contributed by atoms with van der Waals surface area (Å²) in [5, 5.41) is 7.46. The normalized spacial score (nSPS) is 29.4. The molecule has 0 saturated carbocycles. The molecule has 1 aromatic rings. The first-order valence-electron chi connectivity index (χ1n) is 4.87. The largest absolute Gasteiger partial charge is 0.484 e. The molecule has 2 unspecified atom stereocenters. The van der Waals surface area contributed by atoms with Crippen LogP contribution in [0.3, 0.4) is 0 Å². The second kappa shape index (κ2) is 5.57. The van der Waals surface area contributed by atoms with Crippen molar-refractivity contribution in [3.05, 3.63) is 34.9 Å². The van der Waals surface area contributed by atoms with Gasteiger partial charge in [-0.1, -0.05) is 23.7 Å². The lowest BCUT2D eigenvalue weighted by molar-refractivity contribution is 0.0538. The topological polar surface area (TPSA) is 68.6 Å².